The zero-order valence-corrected chi connectivity index (χ0v) is 22.4. The number of rotatable bonds is 5. The fourth-order valence-corrected chi connectivity index (χ4v) is 5.53. The fraction of sp³-hybridized carbons (Fsp3) is 0.355. The summed E-state index contributed by atoms with van der Waals surface area (Å²) in [5.41, 5.74) is 5.83. The second kappa shape index (κ2) is 10.7. The quantitative estimate of drug-likeness (QED) is 0.464. The molecule has 0 saturated carbocycles. The number of anilines is 1. The molecule has 2 aromatic heterocycles. The number of piperidine rings is 1. The van der Waals surface area contributed by atoms with Crippen molar-refractivity contribution >= 4 is 28.2 Å². The number of nitrogens with one attached hydrogen (secondary N) is 2. The molecule has 3 heterocycles. The summed E-state index contributed by atoms with van der Waals surface area (Å²) in [7, 11) is 2.16. The van der Waals surface area contributed by atoms with Crippen LogP contribution in [-0.2, 0) is 6.42 Å². The van der Waals surface area contributed by atoms with Crippen LogP contribution in [0.15, 0.2) is 66.5 Å². The molecule has 0 bridgehead atoms. The van der Waals surface area contributed by atoms with E-state index in [0.717, 1.165) is 77.9 Å². The predicted octanol–water partition coefficient (Wildman–Crippen LogP) is 5.42. The van der Waals surface area contributed by atoms with Crippen molar-refractivity contribution in [3.63, 3.8) is 0 Å². The SMILES string of the molecule is CC1CC=C(NC(=O)c2cnc3c(c2)C(c2ccc4ncnc(NC5CCN(C)CC5)c4c2)=CCC3)C=C1F. The number of benzene rings is 1. The van der Waals surface area contributed by atoms with E-state index in [-0.39, 0.29) is 17.7 Å². The molecule has 0 spiro atoms. The van der Waals surface area contributed by atoms with Gasteiger partial charge in [0.15, 0.2) is 0 Å². The van der Waals surface area contributed by atoms with Crippen LogP contribution in [0.25, 0.3) is 16.5 Å². The Morgan fingerprint density at radius 1 is 1.10 bits per heavy atom. The number of carbonyl (C=O) groups excluding carboxylic acids is 1. The van der Waals surface area contributed by atoms with Crippen molar-refractivity contribution in [1.82, 2.24) is 25.2 Å². The molecular formula is C31H33FN6O. The van der Waals surface area contributed by atoms with E-state index in [1.54, 1.807) is 12.5 Å². The summed E-state index contributed by atoms with van der Waals surface area (Å²) >= 11 is 0. The van der Waals surface area contributed by atoms with Crippen molar-refractivity contribution in [2.45, 2.75) is 45.1 Å². The molecule has 7 nitrogen and oxygen atoms in total. The molecule has 8 heteroatoms. The van der Waals surface area contributed by atoms with Gasteiger partial charge in [-0.1, -0.05) is 25.1 Å². The molecule has 1 fully saturated rings. The van der Waals surface area contributed by atoms with Gasteiger partial charge in [-0.25, -0.2) is 14.4 Å². The van der Waals surface area contributed by atoms with Crippen LogP contribution in [0.1, 0.15) is 59.8 Å². The highest BCUT2D eigenvalue weighted by Crippen LogP contribution is 2.34. The minimum Gasteiger partial charge on any atom is -0.367 e. The van der Waals surface area contributed by atoms with Crippen LogP contribution in [0.4, 0.5) is 10.2 Å². The first-order valence-corrected chi connectivity index (χ1v) is 13.7. The number of fused-ring (bicyclic) bond motifs is 2. The van der Waals surface area contributed by atoms with Crippen molar-refractivity contribution in [1.29, 1.82) is 0 Å². The molecule has 0 radical (unpaired) electrons. The number of carbonyl (C=O) groups is 1. The van der Waals surface area contributed by atoms with Gasteiger partial charge < -0.3 is 15.5 Å². The average Bonchev–Trinajstić information content (AvgIpc) is 2.95. The largest absolute Gasteiger partial charge is 0.367 e. The molecule has 1 aromatic carbocycles. The van der Waals surface area contributed by atoms with Crippen LogP contribution in [0.3, 0.4) is 0 Å². The van der Waals surface area contributed by atoms with Gasteiger partial charge in [0, 0.05) is 40.5 Å². The number of allylic oxidation sites excluding steroid dienone is 4. The van der Waals surface area contributed by atoms with E-state index in [1.807, 2.05) is 25.1 Å². The number of pyridine rings is 1. The molecule has 2 N–H and O–H groups in total. The van der Waals surface area contributed by atoms with E-state index in [4.69, 9.17) is 0 Å². The number of nitrogens with zero attached hydrogens (tertiary/aromatic N) is 4. The highest BCUT2D eigenvalue weighted by molar-refractivity contribution is 5.98. The molecule has 3 aliphatic rings. The summed E-state index contributed by atoms with van der Waals surface area (Å²) in [6, 6.07) is 8.53. The van der Waals surface area contributed by atoms with Crippen molar-refractivity contribution in [2.24, 2.45) is 5.92 Å². The molecule has 1 atom stereocenters. The van der Waals surface area contributed by atoms with E-state index < -0.39 is 0 Å². The van der Waals surface area contributed by atoms with Gasteiger partial charge in [0.05, 0.1) is 11.1 Å². The highest BCUT2D eigenvalue weighted by Gasteiger charge is 2.22. The molecular weight excluding hydrogens is 491 g/mol. The van der Waals surface area contributed by atoms with Gasteiger partial charge in [-0.05, 0) is 87.7 Å². The average molecular weight is 525 g/mol. The Hall–Kier alpha value is -3.91. The number of likely N-dealkylation sites (tertiary alicyclic amines) is 1. The van der Waals surface area contributed by atoms with E-state index in [2.05, 4.69) is 55.7 Å². The third kappa shape index (κ3) is 5.34. The standard InChI is InChI=1S/C31H33FN6O/c1-19-6-8-23(16-27(19)32)37-31(39)21-15-25-24(4-3-5-28(25)33-17-21)20-7-9-29-26(14-20)30(35-18-34-29)36-22-10-12-38(2)13-11-22/h4,7-9,14-19,22H,3,5-6,10-13H2,1-2H3,(H,37,39)(H,34,35,36). The van der Waals surface area contributed by atoms with E-state index in [0.29, 0.717) is 23.7 Å². The normalized spacial score (nSPS) is 20.1. The molecule has 1 amide bonds. The second-order valence-electron chi connectivity index (χ2n) is 10.8. The lowest BCUT2D eigenvalue weighted by atomic mass is 9.88. The zero-order chi connectivity index (χ0) is 26.9. The molecule has 2 aliphatic carbocycles. The maximum atomic E-state index is 14.1. The van der Waals surface area contributed by atoms with Crippen molar-refractivity contribution in [3.8, 4) is 0 Å². The number of amides is 1. The molecule has 6 rings (SSSR count). The molecule has 1 aliphatic heterocycles. The molecule has 200 valence electrons. The van der Waals surface area contributed by atoms with Gasteiger partial charge in [0.25, 0.3) is 5.91 Å². The van der Waals surface area contributed by atoms with Crippen LogP contribution in [0.5, 0.6) is 0 Å². The topological polar surface area (TPSA) is 83.0 Å². The molecule has 1 saturated heterocycles. The minimum atomic E-state index is -0.295. The van der Waals surface area contributed by atoms with E-state index in [1.165, 1.54) is 6.08 Å². The highest BCUT2D eigenvalue weighted by atomic mass is 19.1. The lowest BCUT2D eigenvalue weighted by Gasteiger charge is -2.30. The Morgan fingerprint density at radius 2 is 1.95 bits per heavy atom. The first kappa shape index (κ1) is 25.4. The first-order chi connectivity index (χ1) is 18.9. The van der Waals surface area contributed by atoms with Gasteiger partial charge in [-0.15, -0.1) is 0 Å². The lowest BCUT2D eigenvalue weighted by Crippen LogP contribution is -2.36. The van der Waals surface area contributed by atoms with Crippen LogP contribution in [0, 0.1) is 5.92 Å². The zero-order valence-electron chi connectivity index (χ0n) is 22.4. The summed E-state index contributed by atoms with van der Waals surface area (Å²) in [5, 5.41) is 7.48. The summed E-state index contributed by atoms with van der Waals surface area (Å²) in [6.07, 6.45) is 13.1. The third-order valence-corrected chi connectivity index (χ3v) is 7.97. The lowest BCUT2D eigenvalue weighted by molar-refractivity contribution is 0.0966. The van der Waals surface area contributed by atoms with Gasteiger partial charge in [0.1, 0.15) is 18.0 Å². The Kier molecular flexibility index (Phi) is 6.95. The third-order valence-electron chi connectivity index (χ3n) is 7.97. The Morgan fingerprint density at radius 3 is 2.77 bits per heavy atom. The van der Waals surface area contributed by atoms with Gasteiger partial charge >= 0.3 is 0 Å². The molecule has 1 unspecified atom stereocenters. The Labute approximate surface area is 227 Å². The van der Waals surface area contributed by atoms with Crippen molar-refractivity contribution in [3.05, 3.63) is 88.9 Å². The van der Waals surface area contributed by atoms with Crippen LogP contribution in [-0.4, -0.2) is 51.9 Å². The maximum Gasteiger partial charge on any atom is 0.257 e. The van der Waals surface area contributed by atoms with Gasteiger partial charge in [-0.2, -0.15) is 0 Å². The monoisotopic (exact) mass is 524 g/mol. The number of aromatic nitrogens is 3. The first-order valence-electron chi connectivity index (χ1n) is 13.7. The number of aryl methyl sites for hydroxylation is 1. The van der Waals surface area contributed by atoms with Crippen LogP contribution >= 0.6 is 0 Å². The van der Waals surface area contributed by atoms with E-state index >= 15 is 0 Å². The summed E-state index contributed by atoms with van der Waals surface area (Å²) in [5.74, 6) is 0.189. The second-order valence-corrected chi connectivity index (χ2v) is 10.8. The van der Waals surface area contributed by atoms with Gasteiger partial charge in [-0.3, -0.25) is 9.78 Å². The smallest absolute Gasteiger partial charge is 0.257 e. The molecule has 39 heavy (non-hydrogen) atoms. The van der Waals surface area contributed by atoms with Crippen LogP contribution < -0.4 is 10.6 Å². The van der Waals surface area contributed by atoms with Crippen molar-refractivity contribution in [2.75, 3.05) is 25.5 Å². The van der Waals surface area contributed by atoms with E-state index in [9.17, 15) is 9.18 Å². The maximum absolute atomic E-state index is 14.1. The fourth-order valence-electron chi connectivity index (χ4n) is 5.53. The molecule has 3 aromatic rings. The minimum absolute atomic E-state index is 0.156. The number of hydrogen-bond acceptors (Lipinski definition) is 6. The van der Waals surface area contributed by atoms with Gasteiger partial charge in [0.2, 0.25) is 0 Å². The number of halogens is 1. The Balaban J connectivity index is 1.29. The van der Waals surface area contributed by atoms with Crippen molar-refractivity contribution < 1.29 is 9.18 Å². The summed E-state index contributed by atoms with van der Waals surface area (Å²) < 4.78 is 14.1. The summed E-state index contributed by atoms with van der Waals surface area (Å²) in [6.45, 7) is 3.97. The van der Waals surface area contributed by atoms with Crippen LogP contribution in [0.2, 0.25) is 0 Å². The number of hydrogen-bond donors (Lipinski definition) is 2. The predicted molar refractivity (Wildman–Crippen MR) is 152 cm³/mol. The Bertz CT molecular complexity index is 1520. The summed E-state index contributed by atoms with van der Waals surface area (Å²) in [4.78, 5) is 29.2.